The number of benzene rings is 2. The van der Waals surface area contributed by atoms with Crippen molar-refractivity contribution in [2.24, 2.45) is 5.92 Å². The number of hydrogen-bond donors (Lipinski definition) is 1. The van der Waals surface area contributed by atoms with E-state index in [1.165, 1.54) is 12.1 Å². The number of esters is 1. The molecule has 26 heavy (non-hydrogen) atoms. The van der Waals surface area contributed by atoms with Gasteiger partial charge in [-0.25, -0.2) is 4.39 Å². The van der Waals surface area contributed by atoms with Crippen LogP contribution in [-0.2, 0) is 20.7 Å². The van der Waals surface area contributed by atoms with E-state index in [9.17, 15) is 14.0 Å². The maximum Gasteiger partial charge on any atom is 0.313 e. The van der Waals surface area contributed by atoms with Crippen molar-refractivity contribution in [3.63, 3.8) is 0 Å². The van der Waals surface area contributed by atoms with Gasteiger partial charge in [0.05, 0.1) is 11.6 Å². The monoisotopic (exact) mass is 397 g/mol. The summed E-state index contributed by atoms with van der Waals surface area (Å²) in [6, 6.07) is 8.94. The molecule has 0 aliphatic carbocycles. The highest BCUT2D eigenvalue weighted by Gasteiger charge is 2.28. The second-order valence-electron chi connectivity index (χ2n) is 5.74. The summed E-state index contributed by atoms with van der Waals surface area (Å²) in [5.74, 6) is -1.75. The summed E-state index contributed by atoms with van der Waals surface area (Å²) in [6.07, 6.45) is 0.402. The molecule has 1 unspecified atom stereocenters. The molecule has 0 fully saturated rings. The number of carbonyl (C=O) groups is 2. The predicted molar refractivity (Wildman–Crippen MR) is 95.1 cm³/mol. The molecule has 1 heterocycles. The van der Waals surface area contributed by atoms with Crippen LogP contribution in [0.3, 0.4) is 0 Å². The Morgan fingerprint density at radius 3 is 2.73 bits per heavy atom. The summed E-state index contributed by atoms with van der Waals surface area (Å²) in [5.41, 5.74) is 0.722. The van der Waals surface area contributed by atoms with E-state index < -0.39 is 30.2 Å². The first kappa shape index (κ1) is 18.5. The molecule has 136 valence electrons. The third kappa shape index (κ3) is 4.45. The van der Waals surface area contributed by atoms with Gasteiger partial charge in [0.1, 0.15) is 18.2 Å². The minimum atomic E-state index is -0.667. The number of halogens is 3. The van der Waals surface area contributed by atoms with Crippen LogP contribution in [0.1, 0.15) is 5.56 Å². The molecule has 1 amide bonds. The summed E-state index contributed by atoms with van der Waals surface area (Å²) in [4.78, 5) is 24.0. The molecule has 1 aliphatic rings. The number of hydrogen-bond acceptors (Lipinski definition) is 4. The second-order valence-corrected chi connectivity index (χ2v) is 6.62. The molecule has 0 radical (unpaired) electrons. The predicted octanol–water partition coefficient (Wildman–Crippen LogP) is 3.87. The molecule has 3 rings (SSSR count). The summed E-state index contributed by atoms with van der Waals surface area (Å²) in [5, 5.41) is 3.13. The molecule has 8 heteroatoms. The van der Waals surface area contributed by atoms with Crippen LogP contribution in [0.25, 0.3) is 0 Å². The first-order valence-electron chi connectivity index (χ1n) is 7.75. The van der Waals surface area contributed by atoms with Crippen molar-refractivity contribution in [2.75, 3.05) is 18.5 Å². The van der Waals surface area contributed by atoms with Gasteiger partial charge in [0.15, 0.2) is 6.61 Å². The van der Waals surface area contributed by atoms with Crippen LogP contribution in [0, 0.1) is 11.7 Å². The van der Waals surface area contributed by atoms with Crippen LogP contribution in [0.15, 0.2) is 36.4 Å². The number of rotatable bonds is 4. The third-order valence-electron chi connectivity index (χ3n) is 3.81. The Hall–Kier alpha value is -2.31. The number of carbonyl (C=O) groups excluding carboxylic acids is 2. The number of anilines is 1. The van der Waals surface area contributed by atoms with Gasteiger partial charge in [0.25, 0.3) is 5.91 Å². The van der Waals surface area contributed by atoms with Crippen LogP contribution in [0.4, 0.5) is 10.1 Å². The minimum absolute atomic E-state index is 0.0804. The van der Waals surface area contributed by atoms with E-state index >= 15 is 0 Å². The van der Waals surface area contributed by atoms with Crippen molar-refractivity contribution in [1.82, 2.24) is 0 Å². The number of amides is 1. The van der Waals surface area contributed by atoms with Crippen molar-refractivity contribution >= 4 is 40.8 Å². The van der Waals surface area contributed by atoms with Crippen LogP contribution >= 0.6 is 23.2 Å². The van der Waals surface area contributed by atoms with E-state index in [2.05, 4.69) is 5.32 Å². The molecular weight excluding hydrogens is 384 g/mol. The SMILES string of the molecule is O=C(COC(=O)C1COc2ccc(Cl)cc2C1)Nc1cc(Cl)ccc1F. The van der Waals surface area contributed by atoms with Gasteiger partial charge >= 0.3 is 5.97 Å². The lowest BCUT2D eigenvalue weighted by Crippen LogP contribution is -2.32. The third-order valence-corrected chi connectivity index (χ3v) is 4.28. The molecule has 0 saturated heterocycles. The molecule has 0 bridgehead atoms. The highest BCUT2D eigenvalue weighted by atomic mass is 35.5. The summed E-state index contributed by atoms with van der Waals surface area (Å²) in [7, 11) is 0. The second kappa shape index (κ2) is 7.93. The smallest absolute Gasteiger partial charge is 0.313 e. The molecule has 5 nitrogen and oxygen atoms in total. The first-order valence-corrected chi connectivity index (χ1v) is 8.51. The van der Waals surface area contributed by atoms with Crippen molar-refractivity contribution in [1.29, 1.82) is 0 Å². The Morgan fingerprint density at radius 1 is 1.19 bits per heavy atom. The molecular formula is C18H14Cl2FNO4. The lowest BCUT2D eigenvalue weighted by molar-refractivity contribution is -0.152. The fraction of sp³-hybridized carbons (Fsp3) is 0.222. The van der Waals surface area contributed by atoms with Gasteiger partial charge in [-0.3, -0.25) is 9.59 Å². The molecule has 2 aromatic carbocycles. The van der Waals surface area contributed by atoms with E-state index in [0.717, 1.165) is 11.6 Å². The molecule has 1 aliphatic heterocycles. The lowest BCUT2D eigenvalue weighted by Gasteiger charge is -2.24. The number of ether oxygens (including phenoxy) is 2. The van der Waals surface area contributed by atoms with Crippen molar-refractivity contribution in [3.8, 4) is 5.75 Å². The number of fused-ring (bicyclic) bond motifs is 1. The van der Waals surface area contributed by atoms with Gasteiger partial charge in [-0.1, -0.05) is 23.2 Å². The van der Waals surface area contributed by atoms with Gasteiger partial charge in [-0.2, -0.15) is 0 Å². The van der Waals surface area contributed by atoms with Crippen LogP contribution < -0.4 is 10.1 Å². The summed E-state index contributed by atoms with van der Waals surface area (Å²) in [6.45, 7) is -0.387. The Labute approximate surface area is 159 Å². The Balaban J connectivity index is 1.54. The topological polar surface area (TPSA) is 64.6 Å². The van der Waals surface area contributed by atoms with Gasteiger partial charge < -0.3 is 14.8 Å². The normalized spacial score (nSPS) is 15.6. The zero-order valence-electron chi connectivity index (χ0n) is 13.4. The zero-order valence-corrected chi connectivity index (χ0v) is 14.9. The average Bonchev–Trinajstić information content (AvgIpc) is 2.62. The van der Waals surface area contributed by atoms with Crippen molar-refractivity contribution in [3.05, 3.63) is 57.8 Å². The molecule has 2 aromatic rings. The highest BCUT2D eigenvalue weighted by Crippen LogP contribution is 2.30. The summed E-state index contributed by atoms with van der Waals surface area (Å²) >= 11 is 11.7. The van der Waals surface area contributed by atoms with Crippen LogP contribution in [0.5, 0.6) is 5.75 Å². The van der Waals surface area contributed by atoms with E-state index in [0.29, 0.717) is 17.2 Å². The van der Waals surface area contributed by atoms with E-state index in [1.54, 1.807) is 18.2 Å². The van der Waals surface area contributed by atoms with Crippen molar-refractivity contribution < 1.29 is 23.5 Å². The Kier molecular flexibility index (Phi) is 5.64. The fourth-order valence-electron chi connectivity index (χ4n) is 2.55. The minimum Gasteiger partial charge on any atom is -0.492 e. The molecule has 1 atom stereocenters. The van der Waals surface area contributed by atoms with Crippen LogP contribution in [-0.4, -0.2) is 25.1 Å². The Bertz CT molecular complexity index is 859. The van der Waals surface area contributed by atoms with Gasteiger partial charge in [0, 0.05) is 10.0 Å². The van der Waals surface area contributed by atoms with E-state index in [1.807, 2.05) is 0 Å². The van der Waals surface area contributed by atoms with E-state index in [-0.39, 0.29) is 17.3 Å². The number of nitrogens with one attached hydrogen (secondary N) is 1. The fourth-order valence-corrected chi connectivity index (χ4v) is 2.92. The van der Waals surface area contributed by atoms with Crippen molar-refractivity contribution in [2.45, 2.75) is 6.42 Å². The maximum atomic E-state index is 13.6. The van der Waals surface area contributed by atoms with Gasteiger partial charge in [-0.05, 0) is 48.4 Å². The highest BCUT2D eigenvalue weighted by molar-refractivity contribution is 6.31. The van der Waals surface area contributed by atoms with Gasteiger partial charge in [0.2, 0.25) is 0 Å². The zero-order chi connectivity index (χ0) is 18.7. The van der Waals surface area contributed by atoms with Crippen LogP contribution in [0.2, 0.25) is 10.0 Å². The molecule has 1 N–H and O–H groups in total. The maximum absolute atomic E-state index is 13.6. The Morgan fingerprint density at radius 2 is 1.92 bits per heavy atom. The first-order chi connectivity index (χ1) is 12.4. The average molecular weight is 398 g/mol. The quantitative estimate of drug-likeness (QED) is 0.795. The lowest BCUT2D eigenvalue weighted by atomic mass is 9.97. The largest absolute Gasteiger partial charge is 0.492 e. The summed E-state index contributed by atoms with van der Waals surface area (Å²) < 4.78 is 24.1. The molecule has 0 saturated carbocycles. The van der Waals surface area contributed by atoms with E-state index in [4.69, 9.17) is 32.7 Å². The molecule has 0 aromatic heterocycles. The van der Waals surface area contributed by atoms with Gasteiger partial charge in [-0.15, -0.1) is 0 Å². The standard InChI is InChI=1S/C18H14Cl2FNO4/c19-12-2-4-16-10(6-12)5-11(8-25-16)18(24)26-9-17(23)22-15-7-13(20)1-3-14(15)21/h1-4,6-7,11H,5,8-9H2,(H,22,23). The molecule has 0 spiro atoms.